The smallest absolute Gasteiger partial charge is 0.256 e. The van der Waals surface area contributed by atoms with Crippen molar-refractivity contribution in [3.05, 3.63) is 58.9 Å². The van der Waals surface area contributed by atoms with Crippen LogP contribution in [0.4, 0.5) is 0 Å². The minimum absolute atomic E-state index is 0.0505. The Labute approximate surface area is 177 Å². The highest BCUT2D eigenvalue weighted by Crippen LogP contribution is 2.21. The number of amides is 1. The first-order valence-electron chi connectivity index (χ1n) is 10.1. The Morgan fingerprint density at radius 3 is 2.50 bits per heavy atom. The van der Waals surface area contributed by atoms with Crippen molar-refractivity contribution in [2.24, 2.45) is 0 Å². The maximum Gasteiger partial charge on any atom is 0.256 e. The summed E-state index contributed by atoms with van der Waals surface area (Å²) in [5.41, 5.74) is 3.69. The number of nitrogens with zero attached hydrogens (tertiary/aromatic N) is 6. The molecule has 0 N–H and O–H groups in total. The zero-order valence-electron chi connectivity index (χ0n) is 18.3. The maximum absolute atomic E-state index is 13.5. The SMILES string of the molecule is Cc1nc2c(cnn2C(C)C)cc1C(=O)N(CCN(C)C)Cc1ccc(C#N)cc1. The zero-order chi connectivity index (χ0) is 21.8. The van der Waals surface area contributed by atoms with Gasteiger partial charge in [-0.25, -0.2) is 9.67 Å². The molecule has 0 aliphatic heterocycles. The van der Waals surface area contributed by atoms with Gasteiger partial charge in [0.1, 0.15) is 0 Å². The van der Waals surface area contributed by atoms with Gasteiger partial charge < -0.3 is 9.80 Å². The Hall–Kier alpha value is -3.24. The highest BCUT2D eigenvalue weighted by atomic mass is 16.2. The molecule has 30 heavy (non-hydrogen) atoms. The van der Waals surface area contributed by atoms with Gasteiger partial charge in [0.2, 0.25) is 0 Å². The number of aromatic nitrogens is 3. The number of rotatable bonds is 7. The van der Waals surface area contributed by atoms with Crippen molar-refractivity contribution < 1.29 is 4.79 Å². The first-order valence-corrected chi connectivity index (χ1v) is 10.1. The van der Waals surface area contributed by atoms with Crippen LogP contribution in [-0.4, -0.2) is 57.7 Å². The lowest BCUT2D eigenvalue weighted by atomic mass is 10.1. The summed E-state index contributed by atoms with van der Waals surface area (Å²) in [6.07, 6.45) is 1.77. The summed E-state index contributed by atoms with van der Waals surface area (Å²) in [6.45, 7) is 7.81. The minimum atomic E-state index is -0.0505. The largest absolute Gasteiger partial charge is 0.333 e. The molecular weight excluding hydrogens is 376 g/mol. The summed E-state index contributed by atoms with van der Waals surface area (Å²) < 4.78 is 1.87. The van der Waals surface area contributed by atoms with Crippen molar-refractivity contribution in [3.63, 3.8) is 0 Å². The molecule has 0 aliphatic carbocycles. The third-order valence-corrected chi connectivity index (χ3v) is 5.04. The molecule has 0 bridgehead atoms. The van der Waals surface area contributed by atoms with Crippen molar-refractivity contribution in [1.29, 1.82) is 5.26 Å². The number of fused-ring (bicyclic) bond motifs is 1. The van der Waals surface area contributed by atoms with Gasteiger partial charge in [-0.15, -0.1) is 0 Å². The normalized spacial score (nSPS) is 11.3. The molecule has 7 nitrogen and oxygen atoms in total. The molecule has 0 saturated heterocycles. The molecule has 0 radical (unpaired) electrons. The summed E-state index contributed by atoms with van der Waals surface area (Å²) in [7, 11) is 3.98. The predicted molar refractivity (Wildman–Crippen MR) is 117 cm³/mol. The molecule has 2 aromatic heterocycles. The summed E-state index contributed by atoms with van der Waals surface area (Å²) in [5.74, 6) is -0.0505. The molecule has 2 heterocycles. The average molecular weight is 405 g/mol. The fraction of sp³-hybridized carbons (Fsp3) is 0.391. The number of nitriles is 1. The Bertz CT molecular complexity index is 1080. The standard InChI is InChI=1S/C23H28N6O/c1-16(2)29-22-20(14-25-29)12-21(17(3)26-22)23(30)28(11-10-27(4)5)15-19-8-6-18(13-24)7-9-19/h6-9,12,14,16H,10-11,15H2,1-5H3. The highest BCUT2D eigenvalue weighted by molar-refractivity contribution is 5.98. The highest BCUT2D eigenvalue weighted by Gasteiger charge is 2.21. The second kappa shape index (κ2) is 9.06. The van der Waals surface area contributed by atoms with Crippen molar-refractivity contribution >= 4 is 16.9 Å². The first-order chi connectivity index (χ1) is 14.3. The van der Waals surface area contributed by atoms with Crippen molar-refractivity contribution in [2.75, 3.05) is 27.2 Å². The van der Waals surface area contributed by atoms with Crippen LogP contribution in [0, 0.1) is 18.3 Å². The Morgan fingerprint density at radius 1 is 1.20 bits per heavy atom. The van der Waals surface area contributed by atoms with E-state index in [4.69, 9.17) is 10.2 Å². The van der Waals surface area contributed by atoms with Gasteiger partial charge in [-0.1, -0.05) is 12.1 Å². The molecule has 0 fully saturated rings. The number of hydrogen-bond donors (Lipinski definition) is 0. The lowest BCUT2D eigenvalue weighted by molar-refractivity contribution is 0.0731. The Morgan fingerprint density at radius 2 is 1.90 bits per heavy atom. The molecule has 0 atom stereocenters. The van der Waals surface area contributed by atoms with Gasteiger partial charge >= 0.3 is 0 Å². The van der Waals surface area contributed by atoms with Crippen LogP contribution in [0.25, 0.3) is 11.0 Å². The Balaban J connectivity index is 1.93. The molecule has 0 aliphatic rings. The minimum Gasteiger partial charge on any atom is -0.333 e. The lowest BCUT2D eigenvalue weighted by Gasteiger charge is -2.25. The summed E-state index contributed by atoms with van der Waals surface area (Å²) in [5, 5.41) is 14.3. The topological polar surface area (TPSA) is 78.1 Å². The predicted octanol–water partition coefficient (Wildman–Crippen LogP) is 3.40. The molecule has 7 heteroatoms. The summed E-state index contributed by atoms with van der Waals surface area (Å²) >= 11 is 0. The molecular formula is C23H28N6O. The van der Waals surface area contributed by atoms with Gasteiger partial charge in [0.25, 0.3) is 5.91 Å². The van der Waals surface area contributed by atoms with E-state index in [1.165, 1.54) is 0 Å². The van der Waals surface area contributed by atoms with Crippen LogP contribution in [0.1, 0.15) is 47.1 Å². The third kappa shape index (κ3) is 4.66. The van der Waals surface area contributed by atoms with Crippen LogP contribution in [0.15, 0.2) is 36.5 Å². The number of carbonyl (C=O) groups is 1. The van der Waals surface area contributed by atoms with E-state index in [9.17, 15) is 4.79 Å². The van der Waals surface area contributed by atoms with Crippen LogP contribution < -0.4 is 0 Å². The summed E-state index contributed by atoms with van der Waals surface area (Å²) in [4.78, 5) is 22.1. The van der Waals surface area contributed by atoms with Crippen LogP contribution >= 0.6 is 0 Å². The van der Waals surface area contributed by atoms with Gasteiger partial charge in [0.05, 0.1) is 29.1 Å². The van der Waals surface area contributed by atoms with E-state index in [0.717, 1.165) is 23.1 Å². The molecule has 1 aromatic carbocycles. The van der Waals surface area contributed by atoms with Gasteiger partial charge in [0.15, 0.2) is 5.65 Å². The van der Waals surface area contributed by atoms with Crippen molar-refractivity contribution in [1.82, 2.24) is 24.6 Å². The number of pyridine rings is 1. The van der Waals surface area contributed by atoms with Crippen LogP contribution in [0.3, 0.4) is 0 Å². The fourth-order valence-electron chi connectivity index (χ4n) is 3.31. The average Bonchev–Trinajstić information content (AvgIpc) is 3.13. The molecule has 0 saturated carbocycles. The van der Waals surface area contributed by atoms with Crippen LogP contribution in [-0.2, 0) is 6.54 Å². The Kier molecular flexibility index (Phi) is 6.48. The molecule has 0 unspecified atom stereocenters. The molecule has 156 valence electrons. The van der Waals surface area contributed by atoms with E-state index in [1.54, 1.807) is 18.3 Å². The number of benzene rings is 1. The quantitative estimate of drug-likeness (QED) is 0.603. The summed E-state index contributed by atoms with van der Waals surface area (Å²) in [6, 6.07) is 11.6. The van der Waals surface area contributed by atoms with Gasteiger partial charge in [0, 0.05) is 31.1 Å². The third-order valence-electron chi connectivity index (χ3n) is 5.04. The van der Waals surface area contributed by atoms with Crippen molar-refractivity contribution in [2.45, 2.75) is 33.4 Å². The first kappa shape index (κ1) is 21.5. The van der Waals surface area contributed by atoms with Gasteiger partial charge in [-0.2, -0.15) is 10.4 Å². The van der Waals surface area contributed by atoms with E-state index in [0.29, 0.717) is 29.9 Å². The molecule has 1 amide bonds. The van der Waals surface area contributed by atoms with E-state index >= 15 is 0 Å². The van der Waals surface area contributed by atoms with Crippen molar-refractivity contribution in [3.8, 4) is 6.07 Å². The van der Waals surface area contributed by atoms with E-state index < -0.39 is 0 Å². The lowest BCUT2D eigenvalue weighted by Crippen LogP contribution is -2.36. The molecule has 0 spiro atoms. The number of hydrogen-bond acceptors (Lipinski definition) is 5. The fourth-order valence-corrected chi connectivity index (χ4v) is 3.31. The maximum atomic E-state index is 13.5. The number of aryl methyl sites for hydroxylation is 1. The van der Waals surface area contributed by atoms with Crippen LogP contribution in [0.2, 0.25) is 0 Å². The van der Waals surface area contributed by atoms with Gasteiger partial charge in [-0.05, 0) is 58.6 Å². The van der Waals surface area contributed by atoms with E-state index in [-0.39, 0.29) is 11.9 Å². The number of likely N-dealkylation sites (N-methyl/N-ethyl adjacent to an activating group) is 1. The van der Waals surface area contributed by atoms with E-state index in [2.05, 4.69) is 29.9 Å². The van der Waals surface area contributed by atoms with E-state index in [1.807, 2.05) is 48.8 Å². The second-order valence-electron chi connectivity index (χ2n) is 8.06. The second-order valence-corrected chi connectivity index (χ2v) is 8.06. The molecule has 3 aromatic rings. The molecule has 3 rings (SSSR count). The van der Waals surface area contributed by atoms with Gasteiger partial charge in [-0.3, -0.25) is 4.79 Å². The van der Waals surface area contributed by atoms with Crippen LogP contribution in [0.5, 0.6) is 0 Å². The zero-order valence-corrected chi connectivity index (χ0v) is 18.3. The monoisotopic (exact) mass is 404 g/mol. The number of carbonyl (C=O) groups excluding carboxylic acids is 1.